The highest BCUT2D eigenvalue weighted by atomic mass is 79.9. The normalized spacial score (nSPS) is 16.3. The van der Waals surface area contributed by atoms with Crippen molar-refractivity contribution in [2.24, 2.45) is 5.41 Å². The summed E-state index contributed by atoms with van der Waals surface area (Å²) in [7, 11) is 0. The van der Waals surface area contributed by atoms with Crippen molar-refractivity contribution in [3.05, 3.63) is 62.3 Å². The van der Waals surface area contributed by atoms with Crippen molar-refractivity contribution >= 4 is 45.0 Å². The number of hydrogen-bond donors (Lipinski definition) is 2. The smallest absolute Gasteiger partial charge is 0.341 e. The van der Waals surface area contributed by atoms with Crippen LogP contribution in [0.1, 0.15) is 47.8 Å². The van der Waals surface area contributed by atoms with Crippen LogP contribution in [-0.4, -0.2) is 18.0 Å². The van der Waals surface area contributed by atoms with Gasteiger partial charge in [0.1, 0.15) is 5.82 Å². The highest BCUT2D eigenvalue weighted by Gasteiger charge is 2.42. The lowest BCUT2D eigenvalue weighted by atomic mass is 9.87. The van der Waals surface area contributed by atoms with Gasteiger partial charge in [-0.05, 0) is 30.3 Å². The van der Waals surface area contributed by atoms with Gasteiger partial charge in [-0.25, -0.2) is 4.39 Å². The molecule has 30 heavy (non-hydrogen) atoms. The van der Waals surface area contributed by atoms with Crippen LogP contribution in [0, 0.1) is 11.2 Å². The Bertz CT molecular complexity index is 1040. The second kappa shape index (κ2) is 7.85. The molecule has 0 radical (unpaired) electrons. The standard InChI is InChI=1S/C20H16BrClF4N2O2/c1-19(2,8-20(24,25)26)18(30)27-14-6-9(21)5-12-15(14)16(28-17(12)29)11-7-10(23)3-4-13(11)22/h3-7,16H,8H2,1-2H3,(H,27,30)(H,28,29). The summed E-state index contributed by atoms with van der Waals surface area (Å²) in [4.78, 5) is 25.1. The number of fused-ring (bicyclic) bond motifs is 1. The van der Waals surface area contributed by atoms with Gasteiger partial charge in [0, 0.05) is 31.9 Å². The van der Waals surface area contributed by atoms with Gasteiger partial charge in [-0.3, -0.25) is 9.59 Å². The van der Waals surface area contributed by atoms with Crippen molar-refractivity contribution in [2.45, 2.75) is 32.5 Å². The van der Waals surface area contributed by atoms with Crippen molar-refractivity contribution in [3.63, 3.8) is 0 Å². The molecule has 1 aliphatic rings. The van der Waals surface area contributed by atoms with Gasteiger partial charge in [-0.1, -0.05) is 41.4 Å². The van der Waals surface area contributed by atoms with Gasteiger partial charge in [0.25, 0.3) is 5.91 Å². The fraction of sp³-hybridized carbons (Fsp3) is 0.300. The van der Waals surface area contributed by atoms with E-state index in [0.717, 1.165) is 12.1 Å². The zero-order valence-electron chi connectivity index (χ0n) is 15.8. The Morgan fingerprint density at radius 2 is 1.90 bits per heavy atom. The zero-order valence-corrected chi connectivity index (χ0v) is 18.1. The van der Waals surface area contributed by atoms with Crippen LogP contribution in [0.25, 0.3) is 0 Å². The molecule has 0 aromatic heterocycles. The number of carbonyl (C=O) groups excluding carboxylic acids is 2. The number of carbonyl (C=O) groups is 2. The van der Waals surface area contributed by atoms with E-state index in [4.69, 9.17) is 11.6 Å². The van der Waals surface area contributed by atoms with Gasteiger partial charge in [-0.2, -0.15) is 13.2 Å². The first kappa shape index (κ1) is 22.6. The molecule has 1 heterocycles. The number of anilines is 1. The third kappa shape index (κ3) is 4.62. The molecule has 3 rings (SSSR count). The summed E-state index contributed by atoms with van der Waals surface area (Å²) in [5.74, 6) is -1.93. The maximum atomic E-state index is 13.8. The number of nitrogens with one attached hydrogen (secondary N) is 2. The van der Waals surface area contributed by atoms with E-state index >= 15 is 0 Å². The Labute approximate surface area is 183 Å². The van der Waals surface area contributed by atoms with Gasteiger partial charge in [0.2, 0.25) is 5.91 Å². The van der Waals surface area contributed by atoms with Crippen molar-refractivity contribution in [3.8, 4) is 0 Å². The Balaban J connectivity index is 2.06. The first-order chi connectivity index (χ1) is 13.8. The highest BCUT2D eigenvalue weighted by molar-refractivity contribution is 9.10. The molecule has 1 atom stereocenters. The molecule has 2 aromatic rings. The number of benzene rings is 2. The molecule has 0 fully saturated rings. The van der Waals surface area contributed by atoms with E-state index in [1.807, 2.05) is 0 Å². The van der Waals surface area contributed by atoms with Crippen LogP contribution in [-0.2, 0) is 4.79 Å². The van der Waals surface area contributed by atoms with E-state index in [9.17, 15) is 27.2 Å². The molecule has 10 heteroatoms. The maximum Gasteiger partial charge on any atom is 0.390 e. The number of hydrogen-bond acceptors (Lipinski definition) is 2. The Morgan fingerprint density at radius 1 is 1.23 bits per heavy atom. The lowest BCUT2D eigenvalue weighted by Crippen LogP contribution is -2.35. The molecule has 0 saturated heterocycles. The number of alkyl halides is 3. The third-order valence-electron chi connectivity index (χ3n) is 4.73. The SMILES string of the molecule is CC(C)(CC(F)(F)F)C(=O)Nc1cc(Br)cc2c1C(c1cc(F)ccc1Cl)NC2=O. The van der Waals surface area contributed by atoms with Crippen molar-refractivity contribution in [1.29, 1.82) is 0 Å². The molecule has 0 aliphatic carbocycles. The number of amides is 2. The topological polar surface area (TPSA) is 58.2 Å². The predicted octanol–water partition coefficient (Wildman–Crippen LogP) is 5.99. The van der Waals surface area contributed by atoms with E-state index < -0.39 is 41.7 Å². The summed E-state index contributed by atoms with van der Waals surface area (Å²) in [5, 5.41) is 5.37. The van der Waals surface area contributed by atoms with Gasteiger partial charge < -0.3 is 10.6 Å². The van der Waals surface area contributed by atoms with Crippen LogP contribution < -0.4 is 10.6 Å². The fourth-order valence-electron chi connectivity index (χ4n) is 3.34. The Morgan fingerprint density at radius 3 is 2.53 bits per heavy atom. The summed E-state index contributed by atoms with van der Waals surface area (Å²) < 4.78 is 52.8. The molecule has 160 valence electrons. The largest absolute Gasteiger partial charge is 0.390 e. The minimum Gasteiger partial charge on any atom is -0.341 e. The van der Waals surface area contributed by atoms with Gasteiger partial charge >= 0.3 is 6.18 Å². The average molecular weight is 508 g/mol. The van der Waals surface area contributed by atoms with E-state index in [-0.39, 0.29) is 21.8 Å². The first-order valence-electron chi connectivity index (χ1n) is 8.76. The monoisotopic (exact) mass is 506 g/mol. The summed E-state index contributed by atoms with van der Waals surface area (Å²) in [6, 6.07) is 5.75. The lowest BCUT2D eigenvalue weighted by molar-refractivity contribution is -0.162. The van der Waals surface area contributed by atoms with Gasteiger partial charge in [0.05, 0.1) is 17.9 Å². The van der Waals surface area contributed by atoms with Crippen LogP contribution in [0.15, 0.2) is 34.8 Å². The average Bonchev–Trinajstić information content (AvgIpc) is 2.91. The fourth-order valence-corrected chi connectivity index (χ4v) is 4.03. The molecule has 2 N–H and O–H groups in total. The van der Waals surface area contributed by atoms with Crippen molar-refractivity contribution in [1.82, 2.24) is 5.32 Å². The van der Waals surface area contributed by atoms with E-state index in [1.54, 1.807) is 0 Å². The van der Waals surface area contributed by atoms with E-state index in [1.165, 1.54) is 32.0 Å². The summed E-state index contributed by atoms with van der Waals surface area (Å²) in [6.07, 6.45) is -5.85. The second-order valence-corrected chi connectivity index (χ2v) is 8.94. The number of rotatable bonds is 4. The van der Waals surface area contributed by atoms with Crippen molar-refractivity contribution in [2.75, 3.05) is 5.32 Å². The van der Waals surface area contributed by atoms with Crippen LogP contribution in [0.5, 0.6) is 0 Å². The van der Waals surface area contributed by atoms with Crippen LogP contribution in [0.3, 0.4) is 0 Å². The Kier molecular flexibility index (Phi) is 5.90. The molecule has 0 spiro atoms. The van der Waals surface area contributed by atoms with Crippen molar-refractivity contribution < 1.29 is 27.2 Å². The summed E-state index contributed by atoms with van der Waals surface area (Å²) in [5.41, 5.74) is -0.875. The summed E-state index contributed by atoms with van der Waals surface area (Å²) in [6.45, 7) is 2.36. The maximum absolute atomic E-state index is 13.8. The minimum absolute atomic E-state index is 0.128. The quantitative estimate of drug-likeness (QED) is 0.499. The molecule has 1 aliphatic heterocycles. The third-order valence-corrected chi connectivity index (χ3v) is 5.53. The lowest BCUT2D eigenvalue weighted by Gasteiger charge is -2.26. The van der Waals surface area contributed by atoms with Crippen LogP contribution in [0.2, 0.25) is 5.02 Å². The minimum atomic E-state index is -4.53. The molecule has 1 unspecified atom stereocenters. The van der Waals surface area contributed by atoms with Crippen LogP contribution in [0.4, 0.5) is 23.2 Å². The predicted molar refractivity (Wildman–Crippen MR) is 108 cm³/mol. The first-order valence-corrected chi connectivity index (χ1v) is 9.93. The Hall–Kier alpha value is -2.13. The van der Waals surface area contributed by atoms with E-state index in [2.05, 4.69) is 26.6 Å². The van der Waals surface area contributed by atoms with Gasteiger partial charge in [-0.15, -0.1) is 0 Å². The molecule has 0 bridgehead atoms. The van der Waals surface area contributed by atoms with E-state index in [0.29, 0.717) is 10.0 Å². The summed E-state index contributed by atoms with van der Waals surface area (Å²) >= 11 is 9.42. The molecule has 4 nitrogen and oxygen atoms in total. The van der Waals surface area contributed by atoms with Gasteiger partial charge in [0.15, 0.2) is 0 Å². The number of halogens is 6. The molecule has 2 aromatic carbocycles. The van der Waals surface area contributed by atoms with Crippen LogP contribution >= 0.6 is 27.5 Å². The second-order valence-electron chi connectivity index (χ2n) is 7.62. The highest BCUT2D eigenvalue weighted by Crippen LogP contribution is 2.42. The molecule has 0 saturated carbocycles. The molecule has 2 amide bonds. The molecular formula is C20H16BrClF4N2O2. The zero-order chi connectivity index (χ0) is 22.4. The molecular weight excluding hydrogens is 492 g/mol.